The van der Waals surface area contributed by atoms with Gasteiger partial charge in [0.25, 0.3) is 5.91 Å². The highest BCUT2D eigenvalue weighted by Gasteiger charge is 2.34. The quantitative estimate of drug-likeness (QED) is 0.649. The lowest BCUT2D eigenvalue weighted by Crippen LogP contribution is -2.27. The average Bonchev–Trinajstić information content (AvgIpc) is 2.68. The summed E-state index contributed by atoms with van der Waals surface area (Å²) >= 11 is 0. The molecular weight excluding hydrogens is 413 g/mol. The van der Waals surface area contributed by atoms with Gasteiger partial charge in [0.15, 0.2) is 5.69 Å². The molecule has 0 atom stereocenters. The number of nitrogens with one attached hydrogen (secondary N) is 1. The number of primary amides is 1. The Labute approximate surface area is 174 Å². The Morgan fingerprint density at radius 2 is 1.74 bits per heavy atom. The minimum Gasteiger partial charge on any atom is -0.369 e. The van der Waals surface area contributed by atoms with Crippen LogP contribution in [0.5, 0.6) is 0 Å². The molecule has 0 aliphatic carbocycles. The summed E-state index contributed by atoms with van der Waals surface area (Å²) in [5.74, 6) is -1.40. The number of alkyl halides is 3. The van der Waals surface area contributed by atoms with Gasteiger partial charge in [0.2, 0.25) is 11.3 Å². The molecule has 0 saturated heterocycles. The van der Waals surface area contributed by atoms with Gasteiger partial charge in [-0.05, 0) is 36.8 Å². The molecule has 0 spiro atoms. The second kappa shape index (κ2) is 8.42. The van der Waals surface area contributed by atoms with Gasteiger partial charge < -0.3 is 11.1 Å². The van der Waals surface area contributed by atoms with Crippen LogP contribution in [0.1, 0.15) is 27.3 Å². The monoisotopic (exact) mass is 430 g/mol. The molecule has 0 aliphatic heterocycles. The van der Waals surface area contributed by atoms with Gasteiger partial charge in [-0.2, -0.15) is 18.3 Å². The Hall–Kier alpha value is -3.95. The van der Waals surface area contributed by atoms with Crippen molar-refractivity contribution in [2.75, 3.05) is 5.32 Å². The summed E-state index contributed by atoms with van der Waals surface area (Å²) in [5, 5.41) is 6.37. The Balaban J connectivity index is 1.96. The number of nitrogens with two attached hydrogens (primary N) is 1. The van der Waals surface area contributed by atoms with Crippen LogP contribution in [0, 0.1) is 6.92 Å². The molecule has 160 valence electrons. The van der Waals surface area contributed by atoms with E-state index in [-0.39, 0.29) is 17.8 Å². The summed E-state index contributed by atoms with van der Waals surface area (Å²) in [6.07, 6.45) is -4.63. The molecule has 7 nitrogen and oxygen atoms in total. The number of benzene rings is 2. The van der Waals surface area contributed by atoms with Crippen LogP contribution >= 0.6 is 0 Å². The van der Waals surface area contributed by atoms with Crippen LogP contribution in [0.3, 0.4) is 0 Å². The normalized spacial score (nSPS) is 11.2. The number of hydrogen-bond acceptors (Lipinski definition) is 4. The van der Waals surface area contributed by atoms with Crippen molar-refractivity contribution in [2.24, 2.45) is 5.73 Å². The zero-order valence-electron chi connectivity index (χ0n) is 16.2. The van der Waals surface area contributed by atoms with Crippen molar-refractivity contribution >= 4 is 17.5 Å². The lowest BCUT2D eigenvalue weighted by Gasteiger charge is -2.16. The van der Waals surface area contributed by atoms with E-state index in [1.807, 2.05) is 0 Å². The molecule has 3 N–H and O–H groups in total. The summed E-state index contributed by atoms with van der Waals surface area (Å²) in [4.78, 5) is 35.8. The van der Waals surface area contributed by atoms with E-state index in [0.29, 0.717) is 11.3 Å². The summed E-state index contributed by atoms with van der Waals surface area (Å²) in [6.45, 7) is 1.42. The smallest absolute Gasteiger partial charge is 0.369 e. The molecule has 1 aromatic heterocycles. The number of para-hydroxylation sites is 1. The highest BCUT2D eigenvalue weighted by molar-refractivity contribution is 6.02. The van der Waals surface area contributed by atoms with Crippen molar-refractivity contribution in [3.8, 4) is 5.69 Å². The Bertz CT molecular complexity index is 1200. The molecule has 31 heavy (non-hydrogen) atoms. The van der Waals surface area contributed by atoms with Gasteiger partial charge in [0.1, 0.15) is 0 Å². The first-order chi connectivity index (χ1) is 14.6. The second-order valence-electron chi connectivity index (χ2n) is 6.72. The van der Waals surface area contributed by atoms with Crippen LogP contribution in [-0.2, 0) is 17.4 Å². The number of hydrogen-bond donors (Lipinski definition) is 2. The molecular formula is C21H17F3N4O3. The van der Waals surface area contributed by atoms with Crippen LogP contribution < -0.4 is 16.5 Å². The molecule has 3 aromatic rings. The van der Waals surface area contributed by atoms with E-state index in [4.69, 9.17) is 5.73 Å². The molecule has 3 rings (SSSR count). The molecule has 2 aromatic carbocycles. The number of rotatable bonds is 5. The molecule has 0 aliphatic rings. The molecule has 0 saturated carbocycles. The molecule has 10 heteroatoms. The van der Waals surface area contributed by atoms with E-state index < -0.39 is 34.7 Å². The van der Waals surface area contributed by atoms with Crippen LogP contribution in [0.4, 0.5) is 18.9 Å². The third-order valence-corrected chi connectivity index (χ3v) is 4.35. The summed E-state index contributed by atoms with van der Waals surface area (Å²) in [6, 6.07) is 11.9. The molecule has 0 bridgehead atoms. The maximum absolute atomic E-state index is 13.4. The summed E-state index contributed by atoms with van der Waals surface area (Å²) < 4.78 is 41.1. The second-order valence-corrected chi connectivity index (χ2v) is 6.72. The fraction of sp³-hybridized carbons (Fsp3) is 0.143. The van der Waals surface area contributed by atoms with Gasteiger partial charge in [-0.25, -0.2) is 4.68 Å². The SMILES string of the molecule is Cc1cc(=O)c(C(=O)Nc2ccc(CC(N)=O)cc2)nn1-c1ccccc1C(F)(F)F. The topological polar surface area (TPSA) is 107 Å². The largest absolute Gasteiger partial charge is 0.418 e. The van der Waals surface area contributed by atoms with Crippen molar-refractivity contribution in [3.05, 3.63) is 87.3 Å². The number of carbonyl (C=O) groups excluding carboxylic acids is 2. The number of anilines is 1. The molecule has 1 heterocycles. The predicted molar refractivity (Wildman–Crippen MR) is 107 cm³/mol. The van der Waals surface area contributed by atoms with Crippen LogP contribution in [-0.4, -0.2) is 21.6 Å². The van der Waals surface area contributed by atoms with Crippen molar-refractivity contribution in [3.63, 3.8) is 0 Å². The zero-order valence-corrected chi connectivity index (χ0v) is 16.2. The van der Waals surface area contributed by atoms with E-state index in [9.17, 15) is 27.6 Å². The molecule has 0 fully saturated rings. The number of carbonyl (C=O) groups is 2. The highest BCUT2D eigenvalue weighted by Crippen LogP contribution is 2.33. The van der Waals surface area contributed by atoms with E-state index in [1.165, 1.54) is 37.3 Å². The maximum Gasteiger partial charge on any atom is 0.418 e. The van der Waals surface area contributed by atoms with Crippen molar-refractivity contribution < 1.29 is 22.8 Å². The van der Waals surface area contributed by atoms with Gasteiger partial charge in [0, 0.05) is 17.4 Å². The molecule has 0 radical (unpaired) electrons. The van der Waals surface area contributed by atoms with Crippen molar-refractivity contribution in [2.45, 2.75) is 19.5 Å². The van der Waals surface area contributed by atoms with Gasteiger partial charge >= 0.3 is 6.18 Å². The van der Waals surface area contributed by atoms with Gasteiger partial charge in [0.05, 0.1) is 17.7 Å². The van der Waals surface area contributed by atoms with E-state index in [1.54, 1.807) is 12.1 Å². The first-order valence-electron chi connectivity index (χ1n) is 9.02. The number of halogens is 3. The van der Waals surface area contributed by atoms with E-state index in [2.05, 4.69) is 10.4 Å². The maximum atomic E-state index is 13.4. The van der Waals surface area contributed by atoms with Crippen LogP contribution in [0.25, 0.3) is 5.69 Å². The van der Waals surface area contributed by atoms with Crippen molar-refractivity contribution in [1.82, 2.24) is 9.78 Å². The number of nitrogens with zero attached hydrogens (tertiary/aromatic N) is 2. The Morgan fingerprint density at radius 1 is 1.10 bits per heavy atom. The fourth-order valence-electron chi connectivity index (χ4n) is 2.94. The molecule has 2 amide bonds. The van der Waals surface area contributed by atoms with Crippen LogP contribution in [0.2, 0.25) is 0 Å². The van der Waals surface area contributed by atoms with Gasteiger partial charge in [-0.3, -0.25) is 14.4 Å². The summed E-state index contributed by atoms with van der Waals surface area (Å²) in [5.41, 5.74) is 3.63. The number of aryl methyl sites for hydroxylation is 1. The van der Waals surface area contributed by atoms with Gasteiger partial charge in [-0.1, -0.05) is 24.3 Å². The average molecular weight is 430 g/mol. The first-order valence-corrected chi connectivity index (χ1v) is 9.02. The van der Waals surface area contributed by atoms with Gasteiger partial charge in [-0.15, -0.1) is 0 Å². The minimum atomic E-state index is -4.65. The third kappa shape index (κ3) is 4.97. The Morgan fingerprint density at radius 3 is 2.35 bits per heavy atom. The lowest BCUT2D eigenvalue weighted by molar-refractivity contribution is -0.137. The standard InChI is InChI=1S/C21H17F3N4O3/c1-12-10-17(29)19(20(31)26-14-8-6-13(7-9-14)11-18(25)30)27-28(12)16-5-3-2-4-15(16)21(22,23)24/h2-10H,11H2,1H3,(H2,25,30)(H,26,31). The lowest BCUT2D eigenvalue weighted by atomic mass is 10.1. The predicted octanol–water partition coefficient (Wildman–Crippen LogP) is 2.84. The van der Waals surface area contributed by atoms with Crippen LogP contribution in [0.15, 0.2) is 59.4 Å². The Kier molecular flexibility index (Phi) is 5.91. The molecule has 0 unspecified atom stereocenters. The van der Waals surface area contributed by atoms with E-state index in [0.717, 1.165) is 16.8 Å². The van der Waals surface area contributed by atoms with Crippen molar-refractivity contribution in [1.29, 1.82) is 0 Å². The number of aromatic nitrogens is 2. The number of amides is 2. The van der Waals surface area contributed by atoms with E-state index >= 15 is 0 Å². The first kappa shape index (κ1) is 21.8. The highest BCUT2D eigenvalue weighted by atomic mass is 19.4. The minimum absolute atomic E-state index is 0.0249. The summed E-state index contributed by atoms with van der Waals surface area (Å²) in [7, 11) is 0. The third-order valence-electron chi connectivity index (χ3n) is 4.35. The zero-order chi connectivity index (χ0) is 22.8. The fourth-order valence-corrected chi connectivity index (χ4v) is 2.94.